The summed E-state index contributed by atoms with van der Waals surface area (Å²) in [6.45, 7) is 5.10. The molecule has 2 aromatic rings. The third-order valence-corrected chi connectivity index (χ3v) is 3.51. The fourth-order valence-corrected chi connectivity index (χ4v) is 2.46. The van der Waals surface area contributed by atoms with Crippen LogP contribution in [0.2, 0.25) is 0 Å². The lowest BCUT2D eigenvalue weighted by Crippen LogP contribution is -2.21. The molecule has 1 aliphatic rings. The first-order valence-corrected chi connectivity index (χ1v) is 6.20. The van der Waals surface area contributed by atoms with Crippen molar-refractivity contribution in [2.24, 2.45) is 0 Å². The van der Waals surface area contributed by atoms with Crippen LogP contribution in [0.4, 0.5) is 0 Å². The van der Waals surface area contributed by atoms with E-state index >= 15 is 0 Å². The number of aryl methyl sites for hydroxylation is 1. The van der Waals surface area contributed by atoms with Gasteiger partial charge >= 0.3 is 0 Å². The topological polar surface area (TPSA) is 34.9 Å². The maximum absolute atomic E-state index is 12.3. The van der Waals surface area contributed by atoms with Gasteiger partial charge in [-0.1, -0.05) is 19.9 Å². The number of aromatic nitrogens is 2. The highest BCUT2D eigenvalue weighted by molar-refractivity contribution is 5.78. The summed E-state index contributed by atoms with van der Waals surface area (Å²) in [6.07, 6.45) is 1.96. The van der Waals surface area contributed by atoms with E-state index in [1.54, 1.807) is 0 Å². The van der Waals surface area contributed by atoms with Gasteiger partial charge in [-0.2, -0.15) is 0 Å². The average Bonchev–Trinajstić information content (AvgIpc) is 2.77. The highest BCUT2D eigenvalue weighted by Crippen LogP contribution is 2.20. The number of benzene rings is 1. The third-order valence-electron chi connectivity index (χ3n) is 3.51. The Labute approximate surface area is 100 Å². The molecule has 0 aliphatic carbocycles. The van der Waals surface area contributed by atoms with Crippen LogP contribution in [0.15, 0.2) is 23.0 Å². The van der Waals surface area contributed by atoms with Gasteiger partial charge < -0.3 is 0 Å². The van der Waals surface area contributed by atoms with Crippen molar-refractivity contribution < 1.29 is 0 Å². The van der Waals surface area contributed by atoms with E-state index in [-0.39, 0.29) is 5.56 Å². The summed E-state index contributed by atoms with van der Waals surface area (Å²) in [5, 5.41) is 0.766. The summed E-state index contributed by atoms with van der Waals surface area (Å²) < 4.78 is 1.83. The van der Waals surface area contributed by atoms with Gasteiger partial charge in [-0.3, -0.25) is 9.36 Å². The van der Waals surface area contributed by atoms with E-state index in [0.717, 1.165) is 36.1 Å². The van der Waals surface area contributed by atoms with Gasteiger partial charge in [0.1, 0.15) is 5.82 Å². The van der Waals surface area contributed by atoms with Crippen molar-refractivity contribution in [3.05, 3.63) is 39.9 Å². The third kappa shape index (κ3) is 1.57. The van der Waals surface area contributed by atoms with E-state index < -0.39 is 0 Å². The van der Waals surface area contributed by atoms with E-state index in [2.05, 4.69) is 24.9 Å². The summed E-state index contributed by atoms with van der Waals surface area (Å²) in [6, 6.07) is 6.05. The fourth-order valence-electron chi connectivity index (χ4n) is 2.46. The molecular weight excluding hydrogens is 212 g/mol. The summed E-state index contributed by atoms with van der Waals surface area (Å²) >= 11 is 0. The predicted molar refractivity (Wildman–Crippen MR) is 68.4 cm³/mol. The second-order valence-corrected chi connectivity index (χ2v) is 5.02. The van der Waals surface area contributed by atoms with E-state index in [9.17, 15) is 4.79 Å². The molecule has 1 aromatic heterocycles. The molecule has 1 aromatic carbocycles. The molecule has 0 fully saturated rings. The van der Waals surface area contributed by atoms with Crippen LogP contribution in [0.1, 0.15) is 37.6 Å². The first-order valence-electron chi connectivity index (χ1n) is 6.20. The Kier molecular flexibility index (Phi) is 2.28. The SMILES string of the molecule is CC(C)c1ccc2nc3n(c(=O)c2c1)CCC3. The Morgan fingerprint density at radius 1 is 1.35 bits per heavy atom. The minimum Gasteiger partial charge on any atom is -0.296 e. The number of fused-ring (bicyclic) bond motifs is 2. The highest BCUT2D eigenvalue weighted by atomic mass is 16.1. The maximum atomic E-state index is 12.3. The minimum absolute atomic E-state index is 0.130. The smallest absolute Gasteiger partial charge is 0.261 e. The maximum Gasteiger partial charge on any atom is 0.261 e. The molecule has 0 atom stereocenters. The van der Waals surface area contributed by atoms with Gasteiger partial charge in [0.25, 0.3) is 5.56 Å². The first-order chi connectivity index (χ1) is 8.16. The molecule has 3 nitrogen and oxygen atoms in total. The molecule has 0 spiro atoms. The molecule has 3 heteroatoms. The van der Waals surface area contributed by atoms with Crippen LogP contribution in [0, 0.1) is 0 Å². The molecule has 1 aliphatic heterocycles. The Morgan fingerprint density at radius 2 is 2.18 bits per heavy atom. The predicted octanol–water partition coefficient (Wildman–Crippen LogP) is 2.47. The lowest BCUT2D eigenvalue weighted by molar-refractivity contribution is 0.719. The number of hydrogen-bond acceptors (Lipinski definition) is 2. The molecule has 88 valence electrons. The van der Waals surface area contributed by atoms with E-state index in [1.165, 1.54) is 5.56 Å². The summed E-state index contributed by atoms with van der Waals surface area (Å²) in [4.78, 5) is 16.9. The van der Waals surface area contributed by atoms with Gasteiger partial charge in [0.05, 0.1) is 10.9 Å². The molecule has 2 heterocycles. The van der Waals surface area contributed by atoms with Gasteiger partial charge in [-0.25, -0.2) is 4.98 Å². The quantitative estimate of drug-likeness (QED) is 0.751. The zero-order valence-electron chi connectivity index (χ0n) is 10.2. The molecular formula is C14H16N2O. The molecule has 3 rings (SSSR count). The first kappa shape index (κ1) is 10.5. The van der Waals surface area contributed by atoms with Crippen LogP contribution in [0.5, 0.6) is 0 Å². The summed E-state index contributed by atoms with van der Waals surface area (Å²) in [5.41, 5.74) is 2.17. The number of rotatable bonds is 1. The van der Waals surface area contributed by atoms with Crippen LogP contribution in [-0.2, 0) is 13.0 Å². The van der Waals surface area contributed by atoms with Gasteiger partial charge in [-0.05, 0) is 30.0 Å². The molecule has 0 unspecified atom stereocenters. The van der Waals surface area contributed by atoms with Crippen molar-refractivity contribution in [2.45, 2.75) is 39.2 Å². The highest BCUT2D eigenvalue weighted by Gasteiger charge is 2.16. The summed E-state index contributed by atoms with van der Waals surface area (Å²) in [5.74, 6) is 1.39. The van der Waals surface area contributed by atoms with Crippen LogP contribution < -0.4 is 5.56 Å². The second-order valence-electron chi connectivity index (χ2n) is 5.02. The van der Waals surface area contributed by atoms with Crippen molar-refractivity contribution >= 4 is 10.9 Å². The molecule has 0 radical (unpaired) electrons. The normalized spacial score (nSPS) is 14.5. The largest absolute Gasteiger partial charge is 0.296 e. The summed E-state index contributed by atoms with van der Waals surface area (Å²) in [7, 11) is 0. The van der Waals surface area contributed by atoms with Crippen molar-refractivity contribution in [3.8, 4) is 0 Å². The van der Waals surface area contributed by atoms with Crippen LogP contribution in [0.25, 0.3) is 10.9 Å². The average molecular weight is 228 g/mol. The number of hydrogen-bond donors (Lipinski definition) is 0. The lowest BCUT2D eigenvalue weighted by Gasteiger charge is -2.08. The van der Waals surface area contributed by atoms with Gasteiger partial charge in [-0.15, -0.1) is 0 Å². The zero-order valence-corrected chi connectivity index (χ0v) is 10.2. The fraction of sp³-hybridized carbons (Fsp3) is 0.429. The van der Waals surface area contributed by atoms with Crippen molar-refractivity contribution in [3.63, 3.8) is 0 Å². The standard InChI is InChI=1S/C14H16N2O/c1-9(2)10-5-6-12-11(8-10)14(17)16-7-3-4-13(16)15-12/h5-6,8-9H,3-4,7H2,1-2H3. The molecule has 0 saturated carbocycles. The van der Waals surface area contributed by atoms with Crippen molar-refractivity contribution in [1.29, 1.82) is 0 Å². The van der Waals surface area contributed by atoms with E-state index in [4.69, 9.17) is 0 Å². The van der Waals surface area contributed by atoms with Gasteiger partial charge in [0.15, 0.2) is 0 Å². The van der Waals surface area contributed by atoms with E-state index in [1.807, 2.05) is 16.7 Å². The molecule has 0 amide bonds. The lowest BCUT2D eigenvalue weighted by atomic mass is 10.0. The van der Waals surface area contributed by atoms with Crippen molar-refractivity contribution in [2.75, 3.05) is 0 Å². The van der Waals surface area contributed by atoms with Crippen LogP contribution in [0.3, 0.4) is 0 Å². The Hall–Kier alpha value is -1.64. The molecule has 0 bridgehead atoms. The van der Waals surface area contributed by atoms with E-state index in [0.29, 0.717) is 5.92 Å². The molecule has 0 saturated heterocycles. The van der Waals surface area contributed by atoms with Gasteiger partial charge in [0.2, 0.25) is 0 Å². The monoisotopic (exact) mass is 228 g/mol. The van der Waals surface area contributed by atoms with Crippen LogP contribution >= 0.6 is 0 Å². The zero-order chi connectivity index (χ0) is 12.0. The van der Waals surface area contributed by atoms with Crippen LogP contribution in [-0.4, -0.2) is 9.55 Å². The Balaban J connectivity index is 2.33. The minimum atomic E-state index is 0.130. The second kappa shape index (κ2) is 3.69. The molecule has 0 N–H and O–H groups in total. The van der Waals surface area contributed by atoms with Crippen molar-refractivity contribution in [1.82, 2.24) is 9.55 Å². The molecule has 17 heavy (non-hydrogen) atoms. The number of nitrogens with zero attached hydrogens (tertiary/aromatic N) is 2. The van der Waals surface area contributed by atoms with Gasteiger partial charge in [0, 0.05) is 13.0 Å². The Bertz CT molecular complexity index is 640. The Morgan fingerprint density at radius 3 is 2.94 bits per heavy atom.